The molecule has 2 aliphatic rings. The number of nitrogens with one attached hydrogen (secondary N) is 1. The predicted molar refractivity (Wildman–Crippen MR) is 77.1 cm³/mol. The molecule has 0 aromatic carbocycles. The van der Waals surface area contributed by atoms with E-state index in [0.717, 1.165) is 19.5 Å². The monoisotopic (exact) mass is 282 g/mol. The molecule has 6 nitrogen and oxygen atoms in total. The summed E-state index contributed by atoms with van der Waals surface area (Å²) in [4.78, 5) is 27.6. The summed E-state index contributed by atoms with van der Waals surface area (Å²) in [6.07, 6.45) is 2.30. The Bertz CT molecular complexity index is 397. The van der Waals surface area contributed by atoms with Crippen molar-refractivity contribution in [3.63, 3.8) is 0 Å². The second kappa shape index (κ2) is 5.69. The second-order valence-electron chi connectivity index (χ2n) is 6.53. The van der Waals surface area contributed by atoms with E-state index in [-0.39, 0.29) is 11.9 Å². The number of imide groups is 1. The summed E-state index contributed by atoms with van der Waals surface area (Å²) in [6, 6.07) is 0.214. The third-order valence-electron chi connectivity index (χ3n) is 4.50. The van der Waals surface area contributed by atoms with Crippen LogP contribution in [-0.4, -0.2) is 59.5 Å². The third-order valence-corrected chi connectivity index (χ3v) is 4.50. The van der Waals surface area contributed by atoms with Gasteiger partial charge in [-0.05, 0) is 46.1 Å². The molecule has 2 aliphatic heterocycles. The van der Waals surface area contributed by atoms with Gasteiger partial charge in [0.2, 0.25) is 0 Å². The highest BCUT2D eigenvalue weighted by Gasteiger charge is 2.44. The second-order valence-corrected chi connectivity index (χ2v) is 6.53. The molecule has 0 bridgehead atoms. The molecule has 3 N–H and O–H groups in total. The van der Waals surface area contributed by atoms with Crippen LogP contribution in [0.1, 0.15) is 33.6 Å². The highest BCUT2D eigenvalue weighted by atomic mass is 16.2. The summed E-state index contributed by atoms with van der Waals surface area (Å²) in [5.41, 5.74) is 4.98. The number of likely N-dealkylation sites (tertiary alicyclic amines) is 1. The van der Waals surface area contributed by atoms with E-state index >= 15 is 0 Å². The number of urea groups is 1. The van der Waals surface area contributed by atoms with Gasteiger partial charge in [0.25, 0.3) is 5.91 Å². The number of nitrogens with zero attached hydrogens (tertiary/aromatic N) is 2. The maximum atomic E-state index is 12.1. The van der Waals surface area contributed by atoms with E-state index in [0.29, 0.717) is 25.0 Å². The largest absolute Gasteiger partial charge is 0.330 e. The first-order chi connectivity index (χ1) is 9.35. The quantitative estimate of drug-likeness (QED) is 0.731. The Morgan fingerprint density at radius 2 is 2.00 bits per heavy atom. The van der Waals surface area contributed by atoms with E-state index < -0.39 is 5.54 Å². The van der Waals surface area contributed by atoms with Crippen molar-refractivity contribution < 1.29 is 9.59 Å². The summed E-state index contributed by atoms with van der Waals surface area (Å²) < 4.78 is 0. The normalized spacial score (nSPS) is 30.7. The maximum absolute atomic E-state index is 12.1. The molecule has 2 atom stereocenters. The average molecular weight is 282 g/mol. The zero-order chi connectivity index (χ0) is 14.9. The van der Waals surface area contributed by atoms with Crippen LogP contribution in [0.3, 0.4) is 0 Å². The minimum Gasteiger partial charge on any atom is -0.330 e. The summed E-state index contributed by atoms with van der Waals surface area (Å²) in [5.74, 6) is 0.397. The summed E-state index contributed by atoms with van der Waals surface area (Å²) in [7, 11) is 0. The van der Waals surface area contributed by atoms with Crippen LogP contribution < -0.4 is 11.1 Å². The van der Waals surface area contributed by atoms with Crippen LogP contribution in [0.4, 0.5) is 4.79 Å². The lowest BCUT2D eigenvalue weighted by Gasteiger charge is -2.38. The average Bonchev–Trinajstić information content (AvgIpc) is 2.58. The number of piperidine rings is 1. The maximum Gasteiger partial charge on any atom is 0.325 e. The fourth-order valence-electron chi connectivity index (χ4n) is 3.02. The van der Waals surface area contributed by atoms with Crippen molar-refractivity contribution in [2.75, 3.05) is 26.2 Å². The van der Waals surface area contributed by atoms with Crippen molar-refractivity contribution >= 4 is 11.9 Å². The van der Waals surface area contributed by atoms with Crippen LogP contribution in [0.2, 0.25) is 0 Å². The molecule has 2 saturated heterocycles. The fraction of sp³-hybridized carbons (Fsp3) is 0.857. The van der Waals surface area contributed by atoms with E-state index in [2.05, 4.69) is 17.1 Å². The van der Waals surface area contributed by atoms with Crippen molar-refractivity contribution in [1.29, 1.82) is 0 Å². The molecule has 6 heteroatoms. The minimum absolute atomic E-state index is 0.137. The molecule has 0 radical (unpaired) electrons. The van der Waals surface area contributed by atoms with Gasteiger partial charge in [0, 0.05) is 25.7 Å². The van der Waals surface area contributed by atoms with Crippen molar-refractivity contribution in [3.8, 4) is 0 Å². The SMILES string of the molecule is CC1CCC(CN)CN1CCN1C(=O)NC(C)(C)C1=O. The fourth-order valence-corrected chi connectivity index (χ4v) is 3.02. The molecule has 0 aliphatic carbocycles. The zero-order valence-corrected chi connectivity index (χ0v) is 12.7. The van der Waals surface area contributed by atoms with Crippen LogP contribution in [0.25, 0.3) is 0 Å². The number of hydrogen-bond donors (Lipinski definition) is 2. The number of hydrogen-bond acceptors (Lipinski definition) is 4. The lowest BCUT2D eigenvalue weighted by molar-refractivity contribution is -0.130. The first-order valence-electron chi connectivity index (χ1n) is 7.43. The van der Waals surface area contributed by atoms with Gasteiger partial charge >= 0.3 is 6.03 Å². The van der Waals surface area contributed by atoms with Gasteiger partial charge in [0.1, 0.15) is 5.54 Å². The van der Waals surface area contributed by atoms with Crippen LogP contribution in [-0.2, 0) is 4.79 Å². The van der Waals surface area contributed by atoms with Gasteiger partial charge in [-0.25, -0.2) is 4.79 Å². The van der Waals surface area contributed by atoms with Gasteiger partial charge in [-0.15, -0.1) is 0 Å². The standard InChI is InChI=1S/C14H26N4O2/c1-10-4-5-11(8-15)9-17(10)6-7-18-12(19)14(2,3)16-13(18)20/h10-11H,4-9,15H2,1-3H3,(H,16,20). The summed E-state index contributed by atoms with van der Waals surface area (Å²) in [6.45, 7) is 8.53. The molecule has 2 unspecified atom stereocenters. The molecule has 2 fully saturated rings. The van der Waals surface area contributed by atoms with Gasteiger partial charge in [-0.2, -0.15) is 0 Å². The molecule has 0 aromatic heterocycles. The molecule has 0 spiro atoms. The van der Waals surface area contributed by atoms with Gasteiger partial charge in [-0.1, -0.05) is 0 Å². The highest BCUT2D eigenvalue weighted by molar-refractivity contribution is 6.06. The minimum atomic E-state index is -0.773. The Morgan fingerprint density at radius 1 is 1.30 bits per heavy atom. The van der Waals surface area contributed by atoms with Crippen LogP contribution in [0, 0.1) is 5.92 Å². The molecular formula is C14H26N4O2. The molecule has 0 aromatic rings. The zero-order valence-electron chi connectivity index (χ0n) is 12.7. The molecule has 20 heavy (non-hydrogen) atoms. The smallest absolute Gasteiger partial charge is 0.325 e. The molecule has 2 heterocycles. The first kappa shape index (κ1) is 15.3. The van der Waals surface area contributed by atoms with E-state index in [9.17, 15) is 9.59 Å². The molecule has 2 rings (SSSR count). The van der Waals surface area contributed by atoms with Gasteiger partial charge in [0.05, 0.1) is 0 Å². The Morgan fingerprint density at radius 3 is 2.55 bits per heavy atom. The van der Waals surface area contributed by atoms with Crippen molar-refractivity contribution in [2.24, 2.45) is 11.7 Å². The van der Waals surface area contributed by atoms with E-state index in [1.807, 2.05) is 0 Å². The van der Waals surface area contributed by atoms with Crippen LogP contribution in [0.5, 0.6) is 0 Å². The molecule has 0 saturated carbocycles. The number of carbonyl (C=O) groups excluding carboxylic acids is 2. The van der Waals surface area contributed by atoms with E-state index in [4.69, 9.17) is 5.73 Å². The highest BCUT2D eigenvalue weighted by Crippen LogP contribution is 2.22. The number of rotatable bonds is 4. The Labute approximate surface area is 120 Å². The van der Waals surface area contributed by atoms with Crippen molar-refractivity contribution in [1.82, 2.24) is 15.1 Å². The first-order valence-corrected chi connectivity index (χ1v) is 7.43. The van der Waals surface area contributed by atoms with E-state index in [1.54, 1.807) is 13.8 Å². The summed E-state index contributed by atoms with van der Waals surface area (Å²) >= 11 is 0. The van der Waals surface area contributed by atoms with Gasteiger partial charge < -0.3 is 11.1 Å². The number of amides is 3. The number of carbonyl (C=O) groups is 2. The van der Waals surface area contributed by atoms with Crippen LogP contribution >= 0.6 is 0 Å². The van der Waals surface area contributed by atoms with Gasteiger partial charge in [-0.3, -0.25) is 14.6 Å². The molecular weight excluding hydrogens is 256 g/mol. The Hall–Kier alpha value is -1.14. The Balaban J connectivity index is 1.91. The third kappa shape index (κ3) is 2.96. The topological polar surface area (TPSA) is 78.7 Å². The summed E-state index contributed by atoms with van der Waals surface area (Å²) in [5, 5.41) is 2.71. The predicted octanol–water partition coefficient (Wildman–Crippen LogP) is 0.376. The van der Waals surface area contributed by atoms with E-state index in [1.165, 1.54) is 11.3 Å². The van der Waals surface area contributed by atoms with Crippen LogP contribution in [0.15, 0.2) is 0 Å². The molecule has 114 valence electrons. The molecule has 3 amide bonds. The number of nitrogens with two attached hydrogens (primary N) is 1. The van der Waals surface area contributed by atoms with Crippen molar-refractivity contribution in [3.05, 3.63) is 0 Å². The van der Waals surface area contributed by atoms with Gasteiger partial charge in [0.15, 0.2) is 0 Å². The lowest BCUT2D eigenvalue weighted by Crippen LogP contribution is -2.48. The Kier molecular flexibility index (Phi) is 4.34. The van der Waals surface area contributed by atoms with Crippen molar-refractivity contribution in [2.45, 2.75) is 45.2 Å². The lowest BCUT2D eigenvalue weighted by atomic mass is 9.93.